The molecule has 0 spiro atoms. The van der Waals surface area contributed by atoms with Crippen molar-refractivity contribution in [2.24, 2.45) is 5.92 Å². The monoisotopic (exact) mass is 505 g/mol. The van der Waals surface area contributed by atoms with E-state index in [0.717, 1.165) is 28.0 Å². The summed E-state index contributed by atoms with van der Waals surface area (Å²) in [6, 6.07) is 16.7. The maximum atomic E-state index is 13.5. The number of rotatable bonds is 6. The minimum absolute atomic E-state index is 0.0188. The fourth-order valence-corrected chi connectivity index (χ4v) is 5.02. The Hall–Kier alpha value is -3.88. The molecule has 2 aromatic carbocycles. The first-order valence-corrected chi connectivity index (χ1v) is 12.3. The standard InChI is InChI=1S/C28H26F3N5O/c1-18-2-4-19(5-3-18)13-32-26(37)22-14-35(15-22)25-24-12-21(16-36(24)34-17-33-25)20-6-8-23(9-7-20)27(10-11-27)28(29,30)31/h2-9,12,16-17,22H,10-11,13-15H2,1H3,(H,32,37). The zero-order valence-electron chi connectivity index (χ0n) is 20.3. The van der Waals surface area contributed by atoms with Crippen LogP contribution in [0.25, 0.3) is 16.6 Å². The summed E-state index contributed by atoms with van der Waals surface area (Å²) >= 11 is 0. The van der Waals surface area contributed by atoms with Crippen molar-refractivity contribution in [3.8, 4) is 11.1 Å². The summed E-state index contributed by atoms with van der Waals surface area (Å²) in [4.78, 5) is 19.1. The normalized spacial score (nSPS) is 17.0. The van der Waals surface area contributed by atoms with Crippen LogP contribution in [0.15, 0.2) is 67.1 Å². The minimum atomic E-state index is -4.23. The number of nitrogens with one attached hydrogen (secondary N) is 1. The van der Waals surface area contributed by atoms with Gasteiger partial charge in [-0.15, -0.1) is 0 Å². The van der Waals surface area contributed by atoms with E-state index < -0.39 is 11.6 Å². The number of carbonyl (C=O) groups excluding carboxylic acids is 1. The van der Waals surface area contributed by atoms with Gasteiger partial charge in [0.05, 0.1) is 11.3 Å². The van der Waals surface area contributed by atoms with Crippen molar-refractivity contribution in [1.82, 2.24) is 19.9 Å². The molecule has 1 saturated carbocycles. The topological polar surface area (TPSA) is 62.5 Å². The van der Waals surface area contributed by atoms with Crippen LogP contribution in [0.5, 0.6) is 0 Å². The molecule has 6 nitrogen and oxygen atoms in total. The summed E-state index contributed by atoms with van der Waals surface area (Å²) in [5, 5.41) is 7.31. The van der Waals surface area contributed by atoms with Crippen molar-refractivity contribution in [2.75, 3.05) is 18.0 Å². The predicted octanol–water partition coefficient (Wildman–Crippen LogP) is 5.05. The van der Waals surface area contributed by atoms with Crippen molar-refractivity contribution >= 4 is 17.2 Å². The van der Waals surface area contributed by atoms with Gasteiger partial charge >= 0.3 is 6.18 Å². The molecule has 2 aromatic heterocycles. The Morgan fingerprint density at radius 3 is 2.41 bits per heavy atom. The Kier molecular flexibility index (Phi) is 5.47. The van der Waals surface area contributed by atoms with Gasteiger partial charge < -0.3 is 10.2 Å². The molecule has 37 heavy (non-hydrogen) atoms. The lowest BCUT2D eigenvalue weighted by molar-refractivity contribution is -0.160. The van der Waals surface area contributed by atoms with Crippen LogP contribution in [0, 0.1) is 12.8 Å². The highest BCUT2D eigenvalue weighted by Crippen LogP contribution is 2.58. The van der Waals surface area contributed by atoms with E-state index in [9.17, 15) is 18.0 Å². The Balaban J connectivity index is 1.14. The highest BCUT2D eigenvalue weighted by Gasteiger charge is 2.64. The summed E-state index contributed by atoms with van der Waals surface area (Å²) in [5.74, 6) is 0.630. The van der Waals surface area contributed by atoms with Crippen LogP contribution in [0.1, 0.15) is 29.5 Å². The number of hydrogen-bond donors (Lipinski definition) is 1. The van der Waals surface area contributed by atoms with Gasteiger partial charge in [0.1, 0.15) is 11.8 Å². The van der Waals surface area contributed by atoms with E-state index in [1.165, 1.54) is 11.9 Å². The van der Waals surface area contributed by atoms with Crippen molar-refractivity contribution in [2.45, 2.75) is 37.9 Å². The Bertz CT molecular complexity index is 1450. The largest absolute Gasteiger partial charge is 0.398 e. The second-order valence-corrected chi connectivity index (χ2v) is 10.1. The first-order chi connectivity index (χ1) is 17.7. The number of carbonyl (C=O) groups is 1. The molecule has 4 aromatic rings. The quantitative estimate of drug-likeness (QED) is 0.398. The molecule has 0 radical (unpaired) electrons. The number of alkyl halides is 3. The molecule has 0 bridgehead atoms. The van der Waals surface area contributed by atoms with E-state index in [2.05, 4.69) is 15.4 Å². The lowest BCUT2D eigenvalue weighted by Crippen LogP contribution is -2.54. The van der Waals surface area contributed by atoms with Crippen LogP contribution in [0.4, 0.5) is 19.0 Å². The number of halogens is 3. The van der Waals surface area contributed by atoms with Crippen LogP contribution in [-0.4, -0.2) is 39.8 Å². The molecule has 9 heteroatoms. The molecule has 2 aliphatic rings. The van der Waals surface area contributed by atoms with E-state index in [4.69, 9.17) is 0 Å². The van der Waals surface area contributed by atoms with Gasteiger partial charge in [0.15, 0.2) is 5.82 Å². The average molecular weight is 506 g/mol. The highest BCUT2D eigenvalue weighted by atomic mass is 19.4. The van der Waals surface area contributed by atoms with Crippen LogP contribution < -0.4 is 10.2 Å². The van der Waals surface area contributed by atoms with Gasteiger partial charge in [0, 0.05) is 31.4 Å². The molecular weight excluding hydrogens is 479 g/mol. The molecule has 190 valence electrons. The Labute approximate surface area is 212 Å². The number of benzene rings is 2. The zero-order valence-corrected chi connectivity index (χ0v) is 20.3. The number of nitrogens with zero attached hydrogens (tertiary/aromatic N) is 4. The molecule has 1 amide bonds. The molecule has 0 atom stereocenters. The molecular formula is C28H26F3N5O. The van der Waals surface area contributed by atoms with Gasteiger partial charge in [0.2, 0.25) is 5.91 Å². The fraction of sp³-hybridized carbons (Fsp3) is 0.321. The third kappa shape index (κ3) is 4.22. The van der Waals surface area contributed by atoms with Gasteiger partial charge in [-0.3, -0.25) is 4.79 Å². The van der Waals surface area contributed by atoms with Gasteiger partial charge in [-0.05, 0) is 42.5 Å². The van der Waals surface area contributed by atoms with Gasteiger partial charge in [0.25, 0.3) is 0 Å². The summed E-state index contributed by atoms with van der Waals surface area (Å²) in [6.07, 6.45) is -0.619. The number of hydrogen-bond acceptors (Lipinski definition) is 4. The van der Waals surface area contributed by atoms with Gasteiger partial charge in [-0.1, -0.05) is 54.1 Å². The molecule has 2 fully saturated rings. The molecule has 0 unspecified atom stereocenters. The molecule has 1 aliphatic carbocycles. The van der Waals surface area contributed by atoms with E-state index >= 15 is 0 Å². The van der Waals surface area contributed by atoms with Crippen LogP contribution in [-0.2, 0) is 16.8 Å². The van der Waals surface area contributed by atoms with Crippen LogP contribution >= 0.6 is 0 Å². The molecule has 6 rings (SSSR count). The van der Waals surface area contributed by atoms with Gasteiger partial charge in [-0.25, -0.2) is 9.50 Å². The summed E-state index contributed by atoms with van der Waals surface area (Å²) in [6.45, 7) is 3.64. The highest BCUT2D eigenvalue weighted by molar-refractivity contribution is 5.84. The molecule has 1 saturated heterocycles. The van der Waals surface area contributed by atoms with E-state index in [1.54, 1.807) is 28.8 Å². The van der Waals surface area contributed by atoms with Crippen molar-refractivity contribution in [1.29, 1.82) is 0 Å². The number of aryl methyl sites for hydroxylation is 1. The average Bonchev–Trinajstić information content (AvgIpc) is 3.56. The lowest BCUT2D eigenvalue weighted by Gasteiger charge is -2.39. The van der Waals surface area contributed by atoms with Gasteiger partial charge in [-0.2, -0.15) is 18.3 Å². The van der Waals surface area contributed by atoms with E-state index in [-0.39, 0.29) is 24.7 Å². The zero-order chi connectivity index (χ0) is 25.8. The summed E-state index contributed by atoms with van der Waals surface area (Å²) in [7, 11) is 0. The van der Waals surface area contributed by atoms with Crippen molar-refractivity contribution < 1.29 is 18.0 Å². The molecule has 1 aliphatic heterocycles. The van der Waals surface area contributed by atoms with Crippen LogP contribution in [0.2, 0.25) is 0 Å². The van der Waals surface area contributed by atoms with E-state index in [1.807, 2.05) is 48.4 Å². The maximum absolute atomic E-state index is 13.5. The SMILES string of the molecule is Cc1ccc(CNC(=O)C2CN(c3ncnn4cc(-c5ccc(C6(C(F)(F)F)CC6)cc5)cc34)C2)cc1. The first-order valence-electron chi connectivity index (χ1n) is 12.3. The predicted molar refractivity (Wildman–Crippen MR) is 134 cm³/mol. The second-order valence-electron chi connectivity index (χ2n) is 10.1. The first kappa shape index (κ1) is 23.5. The maximum Gasteiger partial charge on any atom is 0.398 e. The minimum Gasteiger partial charge on any atom is -0.353 e. The fourth-order valence-electron chi connectivity index (χ4n) is 5.02. The number of fused-ring (bicyclic) bond motifs is 1. The third-order valence-corrected chi connectivity index (χ3v) is 7.59. The second kappa shape index (κ2) is 8.61. The summed E-state index contributed by atoms with van der Waals surface area (Å²) < 4.78 is 42.1. The molecule has 1 N–H and O–H groups in total. The van der Waals surface area contributed by atoms with Crippen molar-refractivity contribution in [3.05, 3.63) is 83.8 Å². The smallest absolute Gasteiger partial charge is 0.353 e. The lowest BCUT2D eigenvalue weighted by atomic mass is 9.93. The number of anilines is 1. The Morgan fingerprint density at radius 1 is 1.05 bits per heavy atom. The summed E-state index contributed by atoms with van der Waals surface area (Å²) in [5.41, 5.74) is 3.32. The Morgan fingerprint density at radius 2 is 1.76 bits per heavy atom. The van der Waals surface area contributed by atoms with Crippen molar-refractivity contribution in [3.63, 3.8) is 0 Å². The van der Waals surface area contributed by atoms with E-state index in [0.29, 0.717) is 25.2 Å². The molecule has 3 heterocycles. The number of aromatic nitrogens is 3. The third-order valence-electron chi connectivity index (χ3n) is 7.59. The van der Waals surface area contributed by atoms with Crippen LogP contribution in [0.3, 0.4) is 0 Å². The number of amides is 1.